The Morgan fingerprint density at radius 2 is 1.94 bits per heavy atom. The number of nitrogens with zero attached hydrogens (tertiary/aromatic N) is 1. The number of nitrogens with two attached hydrogens (primary N) is 2. The van der Waals surface area contributed by atoms with Gasteiger partial charge in [0, 0.05) is 12.1 Å². The van der Waals surface area contributed by atoms with E-state index in [1.54, 1.807) is 26.0 Å². The van der Waals surface area contributed by atoms with Gasteiger partial charge in [0.05, 0.1) is 5.57 Å². The normalized spacial score (nSPS) is 16.4. The minimum Gasteiger partial charge on any atom is -0.480 e. The molecular weight excluding hydrogens is 417 g/mol. The number of hydrogen-bond donors (Lipinski definition) is 4. The number of guanidine groups is 1. The van der Waals surface area contributed by atoms with Gasteiger partial charge in [0.25, 0.3) is 5.91 Å². The number of aryl methyl sites for hydroxylation is 2. The number of alkyl halides is 3. The first-order chi connectivity index (χ1) is 14.4. The van der Waals surface area contributed by atoms with Crippen molar-refractivity contribution in [2.45, 2.75) is 51.4 Å². The van der Waals surface area contributed by atoms with Gasteiger partial charge in [0.1, 0.15) is 11.8 Å². The third kappa shape index (κ3) is 6.37. The lowest BCUT2D eigenvalue weighted by Gasteiger charge is -2.30. The summed E-state index contributed by atoms with van der Waals surface area (Å²) >= 11 is 0. The molecular formula is C20H25F3N4O4. The zero-order chi connectivity index (χ0) is 23.3. The fourth-order valence-electron chi connectivity index (χ4n) is 3.28. The Morgan fingerprint density at radius 3 is 2.52 bits per heavy atom. The molecule has 6 N–H and O–H groups in total. The summed E-state index contributed by atoms with van der Waals surface area (Å²) in [5.74, 6) is -2.57. The summed E-state index contributed by atoms with van der Waals surface area (Å²) in [6.07, 6.45) is -5.48. The van der Waals surface area contributed by atoms with Crippen molar-refractivity contribution in [3.8, 4) is 5.75 Å². The van der Waals surface area contributed by atoms with Crippen LogP contribution in [0.3, 0.4) is 0 Å². The second kappa shape index (κ2) is 9.71. The molecule has 1 heterocycles. The van der Waals surface area contributed by atoms with Crippen molar-refractivity contribution in [1.29, 1.82) is 0 Å². The van der Waals surface area contributed by atoms with E-state index in [1.165, 1.54) is 0 Å². The number of aliphatic imine (C=N–C) groups is 1. The van der Waals surface area contributed by atoms with Gasteiger partial charge in [-0.25, -0.2) is 4.79 Å². The molecule has 0 bridgehead atoms. The standard InChI is InChI=1S/C20H25F3N4O4/c1-10-7-11(2)15-12(8-10)9-13(16(31-15)20(21,22)23)17(28)27-14(18(29)30)5-3-4-6-26-19(24)25/h7-9,14,16H,3-6H2,1-2H3,(H,27,28)(H,29,30)(H4,24,25,26)/t14-,16-/m0/s1. The third-order valence-electron chi connectivity index (χ3n) is 4.64. The Balaban J connectivity index is 2.23. The Bertz CT molecular complexity index is 908. The quantitative estimate of drug-likeness (QED) is 0.276. The zero-order valence-corrected chi connectivity index (χ0v) is 17.1. The Morgan fingerprint density at radius 1 is 1.26 bits per heavy atom. The van der Waals surface area contributed by atoms with E-state index in [9.17, 15) is 27.9 Å². The number of benzene rings is 1. The van der Waals surface area contributed by atoms with Gasteiger partial charge in [-0.05, 0) is 50.8 Å². The predicted octanol–water partition coefficient (Wildman–Crippen LogP) is 2.02. The number of aliphatic carboxylic acids is 1. The minimum atomic E-state index is -4.86. The van der Waals surface area contributed by atoms with E-state index in [2.05, 4.69) is 10.3 Å². The average Bonchev–Trinajstić information content (AvgIpc) is 2.64. The van der Waals surface area contributed by atoms with Gasteiger partial charge in [0.2, 0.25) is 6.10 Å². The maximum atomic E-state index is 13.6. The van der Waals surface area contributed by atoms with E-state index in [-0.39, 0.29) is 24.7 Å². The summed E-state index contributed by atoms with van der Waals surface area (Å²) in [5.41, 5.74) is 11.3. The first kappa shape index (κ1) is 24.0. The summed E-state index contributed by atoms with van der Waals surface area (Å²) in [4.78, 5) is 27.9. The van der Waals surface area contributed by atoms with Crippen LogP contribution in [-0.2, 0) is 9.59 Å². The molecule has 31 heavy (non-hydrogen) atoms. The molecule has 0 aliphatic carbocycles. The summed E-state index contributed by atoms with van der Waals surface area (Å²) < 4.78 is 46.0. The highest BCUT2D eigenvalue weighted by molar-refractivity contribution is 6.01. The maximum absolute atomic E-state index is 13.6. The topological polar surface area (TPSA) is 140 Å². The van der Waals surface area contributed by atoms with E-state index in [4.69, 9.17) is 16.2 Å². The molecule has 0 saturated heterocycles. The van der Waals surface area contributed by atoms with Crippen molar-refractivity contribution in [1.82, 2.24) is 5.32 Å². The van der Waals surface area contributed by atoms with Crippen molar-refractivity contribution < 1.29 is 32.6 Å². The number of ether oxygens (including phenoxy) is 1. The number of amides is 1. The number of nitrogens with one attached hydrogen (secondary N) is 1. The van der Waals surface area contributed by atoms with Gasteiger partial charge in [0.15, 0.2) is 5.96 Å². The van der Waals surface area contributed by atoms with E-state index in [1.807, 2.05) is 0 Å². The molecule has 8 nitrogen and oxygen atoms in total. The molecule has 2 rings (SSSR count). The predicted molar refractivity (Wildman–Crippen MR) is 108 cm³/mol. The van der Waals surface area contributed by atoms with Crippen molar-refractivity contribution in [2.24, 2.45) is 16.5 Å². The molecule has 0 saturated carbocycles. The van der Waals surface area contributed by atoms with Crippen molar-refractivity contribution in [3.63, 3.8) is 0 Å². The Labute approximate surface area is 177 Å². The van der Waals surface area contributed by atoms with E-state index >= 15 is 0 Å². The first-order valence-corrected chi connectivity index (χ1v) is 9.55. The molecule has 170 valence electrons. The Hall–Kier alpha value is -3.24. The lowest BCUT2D eigenvalue weighted by Crippen LogP contribution is -2.47. The fourth-order valence-corrected chi connectivity index (χ4v) is 3.28. The molecule has 2 atom stereocenters. The molecule has 0 aromatic heterocycles. The van der Waals surface area contributed by atoms with Gasteiger partial charge in [-0.1, -0.05) is 11.6 Å². The number of halogens is 3. The smallest absolute Gasteiger partial charge is 0.429 e. The number of unbranched alkanes of at least 4 members (excludes halogenated alkanes) is 1. The van der Waals surface area contributed by atoms with Gasteiger partial charge >= 0.3 is 12.1 Å². The summed E-state index contributed by atoms with van der Waals surface area (Å²) in [7, 11) is 0. The molecule has 1 aromatic carbocycles. The van der Waals surface area contributed by atoms with Crippen LogP contribution in [0.5, 0.6) is 5.75 Å². The Kier molecular flexibility index (Phi) is 7.53. The maximum Gasteiger partial charge on any atom is 0.429 e. The van der Waals surface area contributed by atoms with Crippen LogP contribution < -0.4 is 21.5 Å². The van der Waals surface area contributed by atoms with Crippen LogP contribution in [0.15, 0.2) is 22.7 Å². The molecule has 0 fully saturated rings. The van der Waals surface area contributed by atoms with E-state index < -0.39 is 35.8 Å². The van der Waals surface area contributed by atoms with Crippen LogP contribution in [0.2, 0.25) is 0 Å². The van der Waals surface area contributed by atoms with E-state index in [0.29, 0.717) is 24.0 Å². The number of carboxylic acid groups (broad SMARTS) is 1. The highest BCUT2D eigenvalue weighted by Crippen LogP contribution is 2.39. The van der Waals surface area contributed by atoms with Crippen LogP contribution in [0.4, 0.5) is 13.2 Å². The zero-order valence-electron chi connectivity index (χ0n) is 17.1. The number of fused-ring (bicyclic) bond motifs is 1. The van der Waals surface area contributed by atoms with Crippen LogP contribution in [0, 0.1) is 13.8 Å². The molecule has 0 unspecified atom stereocenters. The first-order valence-electron chi connectivity index (χ1n) is 9.55. The lowest BCUT2D eigenvalue weighted by molar-refractivity contribution is -0.185. The van der Waals surface area contributed by atoms with Crippen LogP contribution in [0.1, 0.15) is 36.0 Å². The largest absolute Gasteiger partial charge is 0.480 e. The molecule has 1 aromatic rings. The lowest BCUT2D eigenvalue weighted by atomic mass is 9.96. The second-order valence-electron chi connectivity index (χ2n) is 7.31. The highest BCUT2D eigenvalue weighted by Gasteiger charge is 2.48. The van der Waals surface area contributed by atoms with Crippen LogP contribution in [-0.4, -0.2) is 47.8 Å². The molecule has 0 radical (unpaired) electrons. The van der Waals surface area contributed by atoms with Gasteiger partial charge in [-0.15, -0.1) is 0 Å². The van der Waals surface area contributed by atoms with Gasteiger partial charge in [-0.2, -0.15) is 13.2 Å². The second-order valence-corrected chi connectivity index (χ2v) is 7.31. The van der Waals surface area contributed by atoms with Crippen molar-refractivity contribution >= 4 is 23.9 Å². The molecule has 11 heteroatoms. The molecule has 0 spiro atoms. The number of carboxylic acids is 1. The summed E-state index contributed by atoms with van der Waals surface area (Å²) in [6.45, 7) is 3.65. The summed E-state index contributed by atoms with van der Waals surface area (Å²) in [6, 6.07) is 1.90. The molecule has 1 aliphatic rings. The van der Waals surface area contributed by atoms with Crippen LogP contribution in [0.25, 0.3) is 6.08 Å². The fraction of sp³-hybridized carbons (Fsp3) is 0.450. The average molecular weight is 442 g/mol. The number of hydrogen-bond acceptors (Lipinski definition) is 4. The summed E-state index contributed by atoms with van der Waals surface area (Å²) in [5, 5.41) is 11.5. The van der Waals surface area contributed by atoms with Crippen molar-refractivity contribution in [2.75, 3.05) is 6.54 Å². The van der Waals surface area contributed by atoms with Gasteiger partial charge in [-0.3, -0.25) is 9.79 Å². The van der Waals surface area contributed by atoms with Crippen molar-refractivity contribution in [3.05, 3.63) is 34.4 Å². The van der Waals surface area contributed by atoms with Crippen LogP contribution >= 0.6 is 0 Å². The SMILES string of the molecule is Cc1cc(C)c2c(c1)C=C(C(=O)N[C@@H](CCCCN=C(N)N)C(=O)O)[C@@H](C(F)(F)F)O2. The number of carbonyl (C=O) groups is 2. The van der Waals surface area contributed by atoms with Gasteiger partial charge < -0.3 is 26.6 Å². The number of carbonyl (C=O) groups excluding carboxylic acids is 1. The van der Waals surface area contributed by atoms with E-state index in [0.717, 1.165) is 11.6 Å². The minimum absolute atomic E-state index is 0.000689. The molecule has 1 amide bonds. The third-order valence-corrected chi connectivity index (χ3v) is 4.64. The monoisotopic (exact) mass is 442 g/mol. The highest BCUT2D eigenvalue weighted by atomic mass is 19.4. The number of rotatable bonds is 8. The molecule has 1 aliphatic heterocycles.